The number of likely N-dealkylation sites (N-methyl/N-ethyl adjacent to an activating group) is 1. The number of quaternary nitrogens is 1. The monoisotopic (exact) mass is 522 g/mol. The Morgan fingerprint density at radius 2 is 1.24 bits per heavy atom. The Morgan fingerprint density at radius 1 is 0.784 bits per heavy atom. The normalized spacial score (nSPS) is 12.6. The Bertz CT molecular complexity index is 777. The van der Waals surface area contributed by atoms with Crippen LogP contribution in [-0.2, 0) is 27.2 Å². The summed E-state index contributed by atoms with van der Waals surface area (Å²) < 4.78 is 12.2. The van der Waals surface area contributed by atoms with E-state index in [1.54, 1.807) is 0 Å². The molecule has 0 saturated carbocycles. The highest BCUT2D eigenvalue weighted by Crippen LogP contribution is 2.25. The van der Waals surface area contributed by atoms with E-state index in [-0.39, 0.29) is 12.4 Å². The number of nitrogens with zero attached hydrogens (tertiary/aromatic N) is 1. The van der Waals surface area contributed by atoms with Crippen molar-refractivity contribution in [3.63, 3.8) is 0 Å². The molecule has 0 aliphatic rings. The fraction of sp³-hybridized carbons (Fsp3) is 0.806. The van der Waals surface area contributed by atoms with Gasteiger partial charge < -0.3 is 18.7 Å². The maximum atomic E-state index is 12.1. The van der Waals surface area contributed by atoms with Crippen LogP contribution in [0.15, 0.2) is 4.42 Å². The van der Waals surface area contributed by atoms with Crippen molar-refractivity contribution in [2.24, 2.45) is 0 Å². The summed E-state index contributed by atoms with van der Waals surface area (Å²) in [5, 5.41) is 9.07. The van der Waals surface area contributed by atoms with Crippen LogP contribution < -0.4 is 0 Å². The second-order valence-corrected chi connectivity index (χ2v) is 11.9. The molecule has 214 valence electrons. The van der Waals surface area contributed by atoms with Crippen LogP contribution in [0.1, 0.15) is 126 Å². The van der Waals surface area contributed by atoms with Gasteiger partial charge in [0.25, 0.3) is 0 Å². The first-order chi connectivity index (χ1) is 17.5. The lowest BCUT2D eigenvalue weighted by Crippen LogP contribution is -2.43. The van der Waals surface area contributed by atoms with Crippen LogP contribution in [0.5, 0.6) is 0 Å². The minimum Gasteiger partial charge on any atom is -0.481 e. The van der Waals surface area contributed by atoms with E-state index in [9.17, 15) is 9.59 Å². The second kappa shape index (κ2) is 18.4. The highest BCUT2D eigenvalue weighted by atomic mass is 16.5. The Kier molecular flexibility index (Phi) is 16.5. The van der Waals surface area contributed by atoms with Crippen LogP contribution in [-0.4, -0.2) is 55.3 Å². The van der Waals surface area contributed by atoms with Crippen LogP contribution in [0.25, 0.3) is 0 Å². The van der Waals surface area contributed by atoms with Gasteiger partial charge in [0, 0.05) is 19.3 Å². The minimum absolute atomic E-state index is 0.135. The summed E-state index contributed by atoms with van der Waals surface area (Å²) in [5.41, 5.74) is 2.73. The van der Waals surface area contributed by atoms with Crippen LogP contribution in [0.2, 0.25) is 0 Å². The average Bonchev–Trinajstić information content (AvgIpc) is 3.06. The highest BCUT2D eigenvalue weighted by molar-refractivity contribution is 5.71. The molecule has 6 nitrogen and oxygen atoms in total. The summed E-state index contributed by atoms with van der Waals surface area (Å²) in [6, 6.07) is 0. The fourth-order valence-corrected chi connectivity index (χ4v) is 4.90. The zero-order chi connectivity index (χ0) is 27.7. The highest BCUT2D eigenvalue weighted by Gasteiger charge is 2.24. The molecule has 37 heavy (non-hydrogen) atoms. The quantitative estimate of drug-likeness (QED) is 0.0966. The summed E-state index contributed by atoms with van der Waals surface area (Å²) in [6.45, 7) is 7.16. The first-order valence-corrected chi connectivity index (χ1v) is 14.8. The van der Waals surface area contributed by atoms with Crippen molar-refractivity contribution in [2.45, 2.75) is 136 Å². The minimum atomic E-state index is -0.930. The molecule has 6 heteroatoms. The maximum absolute atomic E-state index is 12.1. The van der Waals surface area contributed by atoms with Gasteiger partial charge in [0.2, 0.25) is 0 Å². The largest absolute Gasteiger partial charge is 0.481 e. The van der Waals surface area contributed by atoms with Crippen molar-refractivity contribution in [1.29, 1.82) is 0 Å². The number of carboxylic acid groups (broad SMARTS) is 1. The third-order valence-corrected chi connectivity index (χ3v) is 7.14. The van der Waals surface area contributed by atoms with Gasteiger partial charge in [-0.15, -0.1) is 0 Å². The molecule has 1 atom stereocenters. The molecule has 0 radical (unpaired) electrons. The molecule has 1 heterocycles. The maximum Gasteiger partial charge on any atom is 0.307 e. The summed E-state index contributed by atoms with van der Waals surface area (Å²) in [6.07, 6.45) is 17.4. The average molecular weight is 523 g/mol. The Hall–Kier alpha value is -1.82. The van der Waals surface area contributed by atoms with Crippen molar-refractivity contribution < 1.29 is 28.3 Å². The number of carbonyl (C=O) groups is 2. The number of unbranched alkanes of at least 4 members (excludes halogenated alkanes) is 11. The molecule has 0 bridgehead atoms. The van der Waals surface area contributed by atoms with Gasteiger partial charge in [-0.3, -0.25) is 9.59 Å². The summed E-state index contributed by atoms with van der Waals surface area (Å²) in [4.78, 5) is 23.2. The van der Waals surface area contributed by atoms with Gasteiger partial charge in [-0.1, -0.05) is 71.1 Å². The lowest BCUT2D eigenvalue weighted by molar-refractivity contribution is -0.873. The van der Waals surface area contributed by atoms with Gasteiger partial charge in [0.15, 0.2) is 6.10 Å². The topological polar surface area (TPSA) is 76.7 Å². The van der Waals surface area contributed by atoms with E-state index in [1.807, 2.05) is 21.1 Å². The van der Waals surface area contributed by atoms with Crippen molar-refractivity contribution in [2.75, 3.05) is 27.7 Å². The molecule has 0 spiro atoms. The Morgan fingerprint density at radius 3 is 1.70 bits per heavy atom. The molecule has 0 amide bonds. The van der Waals surface area contributed by atoms with Crippen LogP contribution in [0.4, 0.5) is 0 Å². The van der Waals surface area contributed by atoms with E-state index in [2.05, 4.69) is 20.8 Å². The summed E-state index contributed by atoms with van der Waals surface area (Å²) in [5.74, 6) is 1.21. The van der Waals surface area contributed by atoms with Crippen LogP contribution >= 0.6 is 0 Å². The van der Waals surface area contributed by atoms with Gasteiger partial charge >= 0.3 is 11.9 Å². The number of hydrogen-bond acceptors (Lipinski definition) is 4. The zero-order valence-electron chi connectivity index (χ0n) is 24.8. The molecule has 0 aliphatic carbocycles. The smallest absolute Gasteiger partial charge is 0.307 e. The lowest BCUT2D eigenvalue weighted by atomic mass is 10.0. The first kappa shape index (κ1) is 33.2. The number of rotatable bonds is 22. The van der Waals surface area contributed by atoms with Crippen LogP contribution in [0, 0.1) is 13.8 Å². The van der Waals surface area contributed by atoms with Gasteiger partial charge in [0.1, 0.15) is 18.1 Å². The molecule has 0 aliphatic heterocycles. The molecule has 1 aromatic heterocycles. The number of carboxylic acids is 1. The molecule has 0 aromatic carbocycles. The Labute approximate surface area is 226 Å². The molecular formula is C31H56NO5+. The number of carbonyl (C=O) groups excluding carboxylic acids is 1. The van der Waals surface area contributed by atoms with Gasteiger partial charge in [-0.05, 0) is 44.2 Å². The second-order valence-electron chi connectivity index (χ2n) is 11.9. The standard InChI is InChI=1S/C31H55NO5/c1-7-8-17-20-28-25(2)26(3)29(37-28)21-18-15-13-11-9-10-12-14-16-19-22-31(35)36-27(23-30(33)34)24-32(4,5)6/h27H,7-24H2,1-6H3/p+1. The van der Waals surface area contributed by atoms with Crippen molar-refractivity contribution in [3.8, 4) is 0 Å². The molecular weight excluding hydrogens is 466 g/mol. The predicted octanol–water partition coefficient (Wildman–Crippen LogP) is 7.56. The first-order valence-electron chi connectivity index (χ1n) is 14.8. The van der Waals surface area contributed by atoms with E-state index in [0.29, 0.717) is 17.4 Å². The van der Waals surface area contributed by atoms with Crippen molar-refractivity contribution >= 4 is 11.9 Å². The van der Waals surface area contributed by atoms with Gasteiger partial charge in [-0.25, -0.2) is 0 Å². The predicted molar refractivity (Wildman–Crippen MR) is 151 cm³/mol. The third-order valence-electron chi connectivity index (χ3n) is 7.14. The molecule has 1 aromatic rings. The SMILES string of the molecule is CCCCCc1oc(CCCCCCCCCCCCC(=O)OC(CC(=O)O)C[N+](C)(C)C)c(C)c1C. The van der Waals surface area contributed by atoms with E-state index in [4.69, 9.17) is 14.3 Å². The zero-order valence-corrected chi connectivity index (χ0v) is 24.8. The Balaban J connectivity index is 2.05. The summed E-state index contributed by atoms with van der Waals surface area (Å²) in [7, 11) is 5.90. The van der Waals surface area contributed by atoms with E-state index in [0.717, 1.165) is 32.1 Å². The lowest BCUT2D eigenvalue weighted by Gasteiger charge is -2.28. The van der Waals surface area contributed by atoms with Gasteiger partial charge in [-0.2, -0.15) is 0 Å². The van der Waals surface area contributed by atoms with E-state index < -0.39 is 12.1 Å². The number of aryl methyl sites for hydroxylation is 2. The number of furan rings is 1. The number of ether oxygens (including phenoxy) is 1. The van der Waals surface area contributed by atoms with Gasteiger partial charge in [0.05, 0.1) is 27.6 Å². The molecule has 1 rings (SSSR count). The van der Waals surface area contributed by atoms with E-state index >= 15 is 0 Å². The molecule has 1 unspecified atom stereocenters. The fourth-order valence-electron chi connectivity index (χ4n) is 4.90. The third kappa shape index (κ3) is 15.9. The van der Waals surface area contributed by atoms with Crippen molar-refractivity contribution in [3.05, 3.63) is 22.6 Å². The van der Waals surface area contributed by atoms with Crippen molar-refractivity contribution in [1.82, 2.24) is 0 Å². The number of hydrogen-bond donors (Lipinski definition) is 1. The van der Waals surface area contributed by atoms with E-state index in [1.165, 1.54) is 86.9 Å². The molecule has 0 fully saturated rings. The molecule has 0 saturated heterocycles. The summed E-state index contributed by atoms with van der Waals surface area (Å²) >= 11 is 0. The van der Waals surface area contributed by atoms with Crippen LogP contribution in [0.3, 0.4) is 0 Å². The molecule has 1 N–H and O–H groups in total. The number of esters is 1. The number of aliphatic carboxylic acids is 1.